The van der Waals surface area contributed by atoms with Crippen LogP contribution in [0.5, 0.6) is 0 Å². The molecule has 0 aromatic heterocycles. The quantitative estimate of drug-likeness (QED) is 0.702. The van der Waals surface area contributed by atoms with E-state index in [1.165, 1.54) is 4.90 Å². The van der Waals surface area contributed by atoms with Gasteiger partial charge in [0.1, 0.15) is 0 Å². The van der Waals surface area contributed by atoms with Crippen LogP contribution >= 0.6 is 0 Å². The molecule has 4 amide bonds. The van der Waals surface area contributed by atoms with Crippen molar-refractivity contribution in [1.29, 1.82) is 0 Å². The molecule has 3 rings (SSSR count). The molecule has 1 aromatic carbocycles. The zero-order chi connectivity index (χ0) is 20.3. The van der Waals surface area contributed by atoms with Crippen LogP contribution in [0.4, 0.5) is 10.5 Å². The number of carbonyl (C=O) groups excluding carboxylic acids is 3. The minimum absolute atomic E-state index is 0.162. The molecule has 10 heteroatoms. The number of hydrogen-bond acceptors (Lipinski definition) is 5. The number of anilines is 1. The molecule has 28 heavy (non-hydrogen) atoms. The van der Waals surface area contributed by atoms with Crippen molar-refractivity contribution >= 4 is 33.6 Å². The maximum absolute atomic E-state index is 12.5. The smallest absolute Gasteiger partial charge is 0.321 e. The number of benzene rings is 1. The highest BCUT2D eigenvalue weighted by Crippen LogP contribution is 2.18. The van der Waals surface area contributed by atoms with Gasteiger partial charge in [0, 0.05) is 37.7 Å². The van der Waals surface area contributed by atoms with Crippen LogP contribution in [0.2, 0.25) is 0 Å². The van der Waals surface area contributed by atoms with Crippen molar-refractivity contribution in [2.45, 2.75) is 38.3 Å². The Kier molecular flexibility index (Phi) is 5.99. The number of imide groups is 1. The van der Waals surface area contributed by atoms with Gasteiger partial charge in [0.15, 0.2) is 0 Å². The zero-order valence-corrected chi connectivity index (χ0v) is 16.5. The maximum atomic E-state index is 12.5. The summed E-state index contributed by atoms with van der Waals surface area (Å²) in [4.78, 5) is 38.7. The second kappa shape index (κ2) is 8.27. The van der Waals surface area contributed by atoms with Crippen molar-refractivity contribution < 1.29 is 22.8 Å². The molecule has 0 saturated carbocycles. The van der Waals surface area contributed by atoms with Gasteiger partial charge in [-0.1, -0.05) is 12.1 Å². The van der Waals surface area contributed by atoms with Crippen LogP contribution in [-0.4, -0.2) is 61.5 Å². The Morgan fingerprint density at radius 3 is 2.39 bits per heavy atom. The predicted octanol–water partition coefficient (Wildman–Crippen LogP) is 0.881. The van der Waals surface area contributed by atoms with Crippen molar-refractivity contribution in [3.05, 3.63) is 29.8 Å². The minimum Gasteiger partial charge on any atom is -0.323 e. The molecule has 2 N–H and O–H groups in total. The predicted molar refractivity (Wildman–Crippen MR) is 103 cm³/mol. The first-order valence-corrected chi connectivity index (χ1v) is 11.1. The van der Waals surface area contributed by atoms with Crippen LogP contribution in [0.15, 0.2) is 24.3 Å². The Balaban J connectivity index is 1.55. The van der Waals surface area contributed by atoms with Crippen molar-refractivity contribution in [3.63, 3.8) is 0 Å². The van der Waals surface area contributed by atoms with Gasteiger partial charge in [-0.15, -0.1) is 0 Å². The fourth-order valence-corrected chi connectivity index (χ4v) is 4.24. The highest BCUT2D eigenvalue weighted by molar-refractivity contribution is 7.88. The summed E-state index contributed by atoms with van der Waals surface area (Å²) in [5.41, 5.74) is 1.39. The van der Waals surface area contributed by atoms with Crippen molar-refractivity contribution in [1.82, 2.24) is 14.5 Å². The average Bonchev–Trinajstić information content (AvgIpc) is 2.94. The van der Waals surface area contributed by atoms with E-state index in [4.69, 9.17) is 0 Å². The van der Waals surface area contributed by atoms with E-state index >= 15 is 0 Å². The Morgan fingerprint density at radius 2 is 1.79 bits per heavy atom. The second-order valence-electron chi connectivity index (χ2n) is 7.18. The number of amides is 4. The average molecular weight is 408 g/mol. The third-order valence-corrected chi connectivity index (χ3v) is 5.55. The number of likely N-dealkylation sites (tertiary alicyclic amines) is 2. The molecule has 152 valence electrons. The third-order valence-electron chi connectivity index (χ3n) is 4.79. The van der Waals surface area contributed by atoms with E-state index in [2.05, 4.69) is 10.0 Å². The van der Waals surface area contributed by atoms with Gasteiger partial charge in [-0.3, -0.25) is 14.5 Å². The molecule has 2 heterocycles. The lowest BCUT2D eigenvalue weighted by Crippen LogP contribution is -2.50. The number of piperidine rings is 1. The van der Waals surface area contributed by atoms with Crippen molar-refractivity contribution in [2.24, 2.45) is 0 Å². The molecule has 2 aliphatic rings. The highest BCUT2D eigenvalue weighted by atomic mass is 32.2. The number of carbonyl (C=O) groups is 3. The fourth-order valence-electron chi connectivity index (χ4n) is 3.44. The number of rotatable bonds is 5. The first-order valence-electron chi connectivity index (χ1n) is 9.16. The van der Waals surface area contributed by atoms with Gasteiger partial charge in [0.2, 0.25) is 21.8 Å². The van der Waals surface area contributed by atoms with Crippen LogP contribution in [0.25, 0.3) is 0 Å². The molecule has 2 fully saturated rings. The summed E-state index contributed by atoms with van der Waals surface area (Å²) in [6.45, 7) is 1.11. The molecule has 0 aliphatic carbocycles. The monoisotopic (exact) mass is 408 g/mol. The van der Waals surface area contributed by atoms with Gasteiger partial charge in [0.25, 0.3) is 0 Å². The standard InChI is InChI=1S/C18H24N4O5S/c1-28(26,27)20-15-3-2-10-21(12-15)18(25)19-14-6-4-13(5-7-14)11-22-16(23)8-9-17(22)24/h4-7,15,20H,2-3,8-12H2,1H3,(H,19,25)/t15-/m1/s1. The number of nitrogens with one attached hydrogen (secondary N) is 2. The Hall–Kier alpha value is -2.46. The summed E-state index contributed by atoms with van der Waals surface area (Å²) in [5.74, 6) is -0.325. The topological polar surface area (TPSA) is 116 Å². The van der Waals surface area contributed by atoms with E-state index in [1.54, 1.807) is 29.2 Å². The van der Waals surface area contributed by atoms with Gasteiger partial charge in [-0.25, -0.2) is 17.9 Å². The lowest BCUT2D eigenvalue weighted by atomic mass is 10.1. The first-order chi connectivity index (χ1) is 13.2. The Labute approximate surface area is 164 Å². The van der Waals surface area contributed by atoms with Crippen LogP contribution < -0.4 is 10.0 Å². The van der Waals surface area contributed by atoms with Gasteiger partial charge < -0.3 is 10.2 Å². The highest BCUT2D eigenvalue weighted by Gasteiger charge is 2.29. The lowest BCUT2D eigenvalue weighted by molar-refractivity contribution is -0.139. The van der Waals surface area contributed by atoms with Crippen LogP contribution in [0.1, 0.15) is 31.2 Å². The van der Waals surface area contributed by atoms with E-state index in [0.717, 1.165) is 18.2 Å². The molecule has 2 aliphatic heterocycles. The molecule has 0 radical (unpaired) electrons. The zero-order valence-electron chi connectivity index (χ0n) is 15.7. The van der Waals surface area contributed by atoms with Gasteiger partial charge in [-0.2, -0.15) is 0 Å². The molecule has 0 bridgehead atoms. The fraction of sp³-hybridized carbons (Fsp3) is 0.500. The van der Waals surface area contributed by atoms with Crippen molar-refractivity contribution in [2.75, 3.05) is 24.7 Å². The van der Waals surface area contributed by atoms with Crippen molar-refractivity contribution in [3.8, 4) is 0 Å². The first kappa shape index (κ1) is 20.3. The molecule has 1 atom stereocenters. The van der Waals surface area contributed by atoms with E-state index < -0.39 is 10.0 Å². The Bertz CT molecular complexity index is 852. The SMILES string of the molecule is CS(=O)(=O)N[C@@H]1CCCN(C(=O)Nc2ccc(CN3C(=O)CCC3=O)cc2)C1. The summed E-state index contributed by atoms with van der Waals surface area (Å²) >= 11 is 0. The van der Waals surface area contributed by atoms with Gasteiger partial charge >= 0.3 is 6.03 Å². The largest absolute Gasteiger partial charge is 0.323 e. The summed E-state index contributed by atoms with van der Waals surface area (Å²) in [6, 6.07) is 6.38. The number of sulfonamides is 1. The van der Waals surface area contributed by atoms with Crippen LogP contribution in [-0.2, 0) is 26.2 Å². The minimum atomic E-state index is -3.31. The van der Waals surface area contributed by atoms with E-state index in [-0.39, 0.29) is 43.3 Å². The van der Waals surface area contributed by atoms with E-state index in [1.807, 2.05) is 0 Å². The molecule has 9 nitrogen and oxygen atoms in total. The normalized spacial score (nSPS) is 20.5. The van der Waals surface area contributed by atoms with Crippen LogP contribution in [0.3, 0.4) is 0 Å². The maximum Gasteiger partial charge on any atom is 0.321 e. The number of nitrogens with zero attached hydrogens (tertiary/aromatic N) is 2. The van der Waals surface area contributed by atoms with Gasteiger partial charge in [-0.05, 0) is 30.5 Å². The summed E-state index contributed by atoms with van der Waals surface area (Å²) in [7, 11) is -3.31. The molecular formula is C18H24N4O5S. The summed E-state index contributed by atoms with van der Waals surface area (Å²) in [6.07, 6.45) is 3.05. The van der Waals surface area contributed by atoms with Gasteiger partial charge in [0.05, 0.1) is 12.8 Å². The van der Waals surface area contributed by atoms with Crippen LogP contribution in [0, 0.1) is 0 Å². The molecule has 2 saturated heterocycles. The Morgan fingerprint density at radius 1 is 1.14 bits per heavy atom. The molecule has 1 aromatic rings. The summed E-state index contributed by atoms with van der Waals surface area (Å²) < 4.78 is 25.3. The lowest BCUT2D eigenvalue weighted by Gasteiger charge is -2.32. The number of hydrogen-bond donors (Lipinski definition) is 2. The molecular weight excluding hydrogens is 384 g/mol. The second-order valence-corrected chi connectivity index (χ2v) is 8.96. The molecule has 0 unspecified atom stereocenters. The third kappa shape index (κ3) is 5.29. The number of urea groups is 1. The summed E-state index contributed by atoms with van der Waals surface area (Å²) in [5, 5.41) is 2.80. The molecule has 0 spiro atoms. The van der Waals surface area contributed by atoms with E-state index in [9.17, 15) is 22.8 Å². The van der Waals surface area contributed by atoms with E-state index in [0.29, 0.717) is 25.2 Å².